The van der Waals surface area contributed by atoms with Crippen molar-refractivity contribution in [2.45, 2.75) is 20.0 Å². The molecule has 2 aromatic heterocycles. The lowest BCUT2D eigenvalue weighted by Gasteiger charge is -2.04. The first-order valence-electron chi connectivity index (χ1n) is 5.46. The number of hydroxylamine groups is 1. The summed E-state index contributed by atoms with van der Waals surface area (Å²) < 4.78 is 4.92. The number of nitrogens with zero attached hydrogens (tertiary/aromatic N) is 2. The Kier molecular flexibility index (Phi) is 4.03. The zero-order valence-corrected chi connectivity index (χ0v) is 9.92. The van der Waals surface area contributed by atoms with Gasteiger partial charge in [-0.1, -0.05) is 11.2 Å². The maximum atomic E-state index is 11.5. The van der Waals surface area contributed by atoms with Gasteiger partial charge in [-0.25, -0.2) is 5.48 Å². The van der Waals surface area contributed by atoms with Crippen LogP contribution in [-0.2, 0) is 22.7 Å². The first-order chi connectivity index (χ1) is 8.74. The van der Waals surface area contributed by atoms with E-state index in [0.717, 1.165) is 11.3 Å². The Bertz CT molecular complexity index is 510. The van der Waals surface area contributed by atoms with Gasteiger partial charge in [-0.05, 0) is 18.6 Å². The van der Waals surface area contributed by atoms with E-state index in [1.54, 1.807) is 31.5 Å². The number of carbonyl (C=O) groups excluding carboxylic acids is 1. The molecule has 2 rings (SSSR count). The van der Waals surface area contributed by atoms with Crippen molar-refractivity contribution in [1.82, 2.24) is 15.6 Å². The van der Waals surface area contributed by atoms with Gasteiger partial charge in [0.2, 0.25) is 0 Å². The molecule has 2 aromatic rings. The summed E-state index contributed by atoms with van der Waals surface area (Å²) in [5.41, 5.74) is 3.96. The standard InChI is InChI=1S/C12H13N3O3/c1-9-5-11(18-14-9)6-12(16)15-17-8-10-3-2-4-13-7-10/h2-5,7H,6,8H2,1H3,(H,15,16). The van der Waals surface area contributed by atoms with Crippen molar-refractivity contribution in [3.63, 3.8) is 0 Å². The van der Waals surface area contributed by atoms with E-state index in [1.165, 1.54) is 0 Å². The third-order valence-electron chi connectivity index (χ3n) is 2.16. The second-order valence-electron chi connectivity index (χ2n) is 3.79. The van der Waals surface area contributed by atoms with Crippen LogP contribution in [0.3, 0.4) is 0 Å². The molecule has 0 unspecified atom stereocenters. The van der Waals surface area contributed by atoms with Gasteiger partial charge in [0, 0.05) is 18.5 Å². The van der Waals surface area contributed by atoms with Crippen molar-refractivity contribution in [3.05, 3.63) is 47.6 Å². The number of aryl methyl sites for hydroxylation is 1. The normalized spacial score (nSPS) is 10.3. The van der Waals surface area contributed by atoms with Crippen molar-refractivity contribution in [2.24, 2.45) is 0 Å². The second-order valence-corrected chi connectivity index (χ2v) is 3.79. The Morgan fingerprint density at radius 1 is 1.56 bits per heavy atom. The molecule has 0 atom stereocenters. The quantitative estimate of drug-likeness (QED) is 0.802. The van der Waals surface area contributed by atoms with Gasteiger partial charge in [-0.2, -0.15) is 0 Å². The van der Waals surface area contributed by atoms with Crippen molar-refractivity contribution in [1.29, 1.82) is 0 Å². The van der Waals surface area contributed by atoms with Crippen LogP contribution >= 0.6 is 0 Å². The Hall–Kier alpha value is -2.21. The smallest absolute Gasteiger partial charge is 0.251 e. The Morgan fingerprint density at radius 3 is 3.11 bits per heavy atom. The monoisotopic (exact) mass is 247 g/mol. The van der Waals surface area contributed by atoms with Crippen molar-refractivity contribution in [3.8, 4) is 0 Å². The number of hydrogen-bond acceptors (Lipinski definition) is 5. The fraction of sp³-hybridized carbons (Fsp3) is 0.250. The van der Waals surface area contributed by atoms with Gasteiger partial charge in [0.05, 0.1) is 12.1 Å². The second kappa shape index (κ2) is 5.92. The van der Waals surface area contributed by atoms with Gasteiger partial charge in [-0.15, -0.1) is 0 Å². The summed E-state index contributed by atoms with van der Waals surface area (Å²) in [6, 6.07) is 5.37. The summed E-state index contributed by atoms with van der Waals surface area (Å²) in [6.45, 7) is 2.07. The van der Waals surface area contributed by atoms with E-state index >= 15 is 0 Å². The Balaban J connectivity index is 1.72. The highest BCUT2D eigenvalue weighted by Gasteiger charge is 2.07. The summed E-state index contributed by atoms with van der Waals surface area (Å²) in [7, 11) is 0. The summed E-state index contributed by atoms with van der Waals surface area (Å²) in [4.78, 5) is 20.5. The van der Waals surface area contributed by atoms with Gasteiger partial charge in [0.1, 0.15) is 12.4 Å². The van der Waals surface area contributed by atoms with E-state index in [0.29, 0.717) is 5.76 Å². The van der Waals surface area contributed by atoms with Gasteiger partial charge < -0.3 is 4.52 Å². The third kappa shape index (κ3) is 3.67. The molecule has 18 heavy (non-hydrogen) atoms. The van der Waals surface area contributed by atoms with E-state index in [-0.39, 0.29) is 18.9 Å². The van der Waals surface area contributed by atoms with Crippen molar-refractivity contribution in [2.75, 3.05) is 0 Å². The first-order valence-corrected chi connectivity index (χ1v) is 5.46. The number of aromatic nitrogens is 2. The van der Waals surface area contributed by atoms with Crippen molar-refractivity contribution >= 4 is 5.91 Å². The van der Waals surface area contributed by atoms with Crippen LogP contribution in [0.1, 0.15) is 17.0 Å². The third-order valence-corrected chi connectivity index (χ3v) is 2.16. The molecule has 0 radical (unpaired) electrons. The molecule has 6 nitrogen and oxygen atoms in total. The number of carbonyl (C=O) groups is 1. The Morgan fingerprint density at radius 2 is 2.44 bits per heavy atom. The van der Waals surface area contributed by atoms with Gasteiger partial charge in [-0.3, -0.25) is 14.6 Å². The maximum Gasteiger partial charge on any atom is 0.251 e. The number of amides is 1. The SMILES string of the molecule is Cc1cc(CC(=O)NOCc2cccnc2)on1. The Labute approximate surface area is 104 Å². The zero-order chi connectivity index (χ0) is 12.8. The van der Waals surface area contributed by atoms with Crippen molar-refractivity contribution < 1.29 is 14.2 Å². The summed E-state index contributed by atoms with van der Waals surface area (Å²) in [6.07, 6.45) is 3.45. The molecular weight excluding hydrogens is 234 g/mol. The molecule has 6 heteroatoms. The number of pyridine rings is 1. The van der Waals surface area contributed by atoms with E-state index < -0.39 is 0 Å². The molecule has 0 aliphatic carbocycles. The predicted octanol–water partition coefficient (Wildman–Crippen LogP) is 1.17. The molecule has 0 fully saturated rings. The maximum absolute atomic E-state index is 11.5. The lowest BCUT2D eigenvalue weighted by atomic mass is 10.3. The highest BCUT2D eigenvalue weighted by Crippen LogP contribution is 2.03. The molecule has 0 aliphatic heterocycles. The van der Waals surface area contributed by atoms with E-state index in [4.69, 9.17) is 9.36 Å². The van der Waals surface area contributed by atoms with Crippen LogP contribution in [0.5, 0.6) is 0 Å². The molecule has 0 aromatic carbocycles. The fourth-order valence-electron chi connectivity index (χ4n) is 1.38. The molecule has 0 spiro atoms. The molecule has 0 bridgehead atoms. The molecular formula is C12H13N3O3. The minimum Gasteiger partial charge on any atom is -0.361 e. The average Bonchev–Trinajstić information content (AvgIpc) is 2.76. The van der Waals surface area contributed by atoms with Crippen LogP contribution in [0.25, 0.3) is 0 Å². The van der Waals surface area contributed by atoms with E-state index in [1.807, 2.05) is 6.07 Å². The van der Waals surface area contributed by atoms with Crippen LogP contribution in [-0.4, -0.2) is 16.0 Å². The summed E-state index contributed by atoms with van der Waals surface area (Å²) in [5.74, 6) is 0.227. The summed E-state index contributed by atoms with van der Waals surface area (Å²) in [5, 5.41) is 3.69. The van der Waals surface area contributed by atoms with Crippen LogP contribution in [0.2, 0.25) is 0 Å². The molecule has 2 heterocycles. The van der Waals surface area contributed by atoms with E-state index in [2.05, 4.69) is 15.6 Å². The lowest BCUT2D eigenvalue weighted by Crippen LogP contribution is -2.25. The molecule has 1 amide bonds. The minimum absolute atomic E-state index is 0.105. The predicted molar refractivity (Wildman–Crippen MR) is 62.1 cm³/mol. The number of nitrogens with one attached hydrogen (secondary N) is 1. The average molecular weight is 247 g/mol. The minimum atomic E-state index is -0.282. The highest BCUT2D eigenvalue weighted by molar-refractivity contribution is 5.76. The molecule has 0 saturated heterocycles. The molecule has 1 N–H and O–H groups in total. The van der Waals surface area contributed by atoms with Gasteiger partial charge in [0.25, 0.3) is 5.91 Å². The summed E-state index contributed by atoms with van der Waals surface area (Å²) >= 11 is 0. The number of hydrogen-bond donors (Lipinski definition) is 1. The molecule has 0 saturated carbocycles. The van der Waals surface area contributed by atoms with Crippen LogP contribution in [0.15, 0.2) is 35.1 Å². The van der Waals surface area contributed by atoms with Crippen LogP contribution in [0.4, 0.5) is 0 Å². The van der Waals surface area contributed by atoms with E-state index in [9.17, 15) is 4.79 Å². The van der Waals surface area contributed by atoms with Crippen LogP contribution in [0, 0.1) is 6.92 Å². The highest BCUT2D eigenvalue weighted by atomic mass is 16.6. The fourth-order valence-corrected chi connectivity index (χ4v) is 1.38. The van der Waals surface area contributed by atoms with Gasteiger partial charge >= 0.3 is 0 Å². The molecule has 94 valence electrons. The van der Waals surface area contributed by atoms with Gasteiger partial charge in [0.15, 0.2) is 0 Å². The zero-order valence-electron chi connectivity index (χ0n) is 9.92. The lowest BCUT2D eigenvalue weighted by molar-refractivity contribution is -0.134. The first kappa shape index (κ1) is 12.3. The largest absolute Gasteiger partial charge is 0.361 e. The topological polar surface area (TPSA) is 77.2 Å². The van der Waals surface area contributed by atoms with Crippen LogP contribution < -0.4 is 5.48 Å². The molecule has 0 aliphatic rings. The number of rotatable bonds is 5.